The molecule has 1 atom stereocenters. The minimum absolute atomic E-state index is 0.103. The van der Waals surface area contributed by atoms with Gasteiger partial charge in [-0.15, -0.1) is 0 Å². The van der Waals surface area contributed by atoms with Crippen LogP contribution in [0.15, 0.2) is 72.9 Å². The van der Waals surface area contributed by atoms with Crippen molar-refractivity contribution < 1.29 is 14.4 Å². The number of carbonyl (C=O) groups is 3. The Morgan fingerprint density at radius 2 is 1.65 bits per heavy atom. The fourth-order valence-electron chi connectivity index (χ4n) is 4.91. The first-order valence-electron chi connectivity index (χ1n) is 11.6. The summed E-state index contributed by atoms with van der Waals surface area (Å²) in [6, 6.07) is 18.9. The van der Waals surface area contributed by atoms with Crippen molar-refractivity contribution in [2.45, 2.75) is 44.3 Å². The van der Waals surface area contributed by atoms with Crippen molar-refractivity contribution in [3.63, 3.8) is 0 Å². The van der Waals surface area contributed by atoms with Crippen LogP contribution >= 0.6 is 0 Å². The standard InChI is InChI=1S/C27H26N4O3/c32-25-21-14-7-6-13-20(21)23(26(33)29-17-18-9-2-1-3-10-18)31(19-11-4-5-12-19)27(34)22-15-8-16-28-24(22)30-25/h1-3,6-10,13-16,19,23H,4-5,11-12,17H2,(H,29,33)(H,28,30,32). The number of aromatic nitrogens is 1. The van der Waals surface area contributed by atoms with E-state index in [2.05, 4.69) is 15.6 Å². The number of benzene rings is 2. The third-order valence-corrected chi connectivity index (χ3v) is 6.56. The number of pyridine rings is 1. The van der Waals surface area contributed by atoms with E-state index in [1.54, 1.807) is 47.5 Å². The van der Waals surface area contributed by atoms with Crippen LogP contribution in [-0.2, 0) is 11.3 Å². The van der Waals surface area contributed by atoms with Crippen molar-refractivity contribution in [1.82, 2.24) is 15.2 Å². The van der Waals surface area contributed by atoms with Crippen molar-refractivity contribution in [2.75, 3.05) is 5.32 Å². The minimum Gasteiger partial charge on any atom is -0.350 e. The lowest BCUT2D eigenvalue weighted by molar-refractivity contribution is -0.126. The maximum absolute atomic E-state index is 14.0. The molecule has 2 aromatic carbocycles. The van der Waals surface area contributed by atoms with Gasteiger partial charge in [-0.1, -0.05) is 61.4 Å². The van der Waals surface area contributed by atoms with Gasteiger partial charge in [-0.05, 0) is 42.2 Å². The number of anilines is 1. The zero-order valence-corrected chi connectivity index (χ0v) is 18.7. The van der Waals surface area contributed by atoms with Crippen LogP contribution in [0.1, 0.15) is 63.6 Å². The Balaban J connectivity index is 1.63. The maximum atomic E-state index is 14.0. The Kier molecular flexibility index (Phi) is 6.08. The van der Waals surface area contributed by atoms with Crippen LogP contribution in [0.5, 0.6) is 0 Å². The lowest BCUT2D eigenvalue weighted by Gasteiger charge is -2.36. The van der Waals surface area contributed by atoms with Gasteiger partial charge >= 0.3 is 0 Å². The van der Waals surface area contributed by atoms with Gasteiger partial charge in [-0.2, -0.15) is 0 Å². The van der Waals surface area contributed by atoms with Gasteiger partial charge in [-0.3, -0.25) is 14.4 Å². The molecule has 1 aromatic heterocycles. The maximum Gasteiger partial charge on any atom is 0.258 e. The third-order valence-electron chi connectivity index (χ3n) is 6.56. The smallest absolute Gasteiger partial charge is 0.258 e. The predicted octanol–water partition coefficient (Wildman–Crippen LogP) is 4.09. The van der Waals surface area contributed by atoms with Crippen molar-refractivity contribution in [2.24, 2.45) is 0 Å². The van der Waals surface area contributed by atoms with Crippen molar-refractivity contribution in [1.29, 1.82) is 0 Å². The molecule has 7 nitrogen and oxygen atoms in total. The average Bonchev–Trinajstić information content (AvgIpc) is 3.41. The van der Waals surface area contributed by atoms with Crippen LogP contribution < -0.4 is 10.6 Å². The Morgan fingerprint density at radius 1 is 0.941 bits per heavy atom. The lowest BCUT2D eigenvalue weighted by Crippen LogP contribution is -2.48. The van der Waals surface area contributed by atoms with Crippen LogP contribution in [0.2, 0.25) is 0 Å². The fourth-order valence-corrected chi connectivity index (χ4v) is 4.91. The van der Waals surface area contributed by atoms with Gasteiger partial charge in [0.15, 0.2) is 0 Å². The molecular formula is C27H26N4O3. The molecule has 5 rings (SSSR count). The highest BCUT2D eigenvalue weighted by molar-refractivity contribution is 6.11. The van der Waals surface area contributed by atoms with Crippen molar-refractivity contribution >= 4 is 23.5 Å². The molecule has 1 fully saturated rings. The molecule has 7 heteroatoms. The summed E-state index contributed by atoms with van der Waals surface area (Å²) >= 11 is 0. The number of hydrogen-bond donors (Lipinski definition) is 2. The second-order valence-corrected chi connectivity index (χ2v) is 8.70. The second kappa shape index (κ2) is 9.47. The van der Waals surface area contributed by atoms with Gasteiger partial charge in [0.2, 0.25) is 5.91 Å². The molecule has 1 aliphatic heterocycles. The molecule has 1 saturated carbocycles. The minimum atomic E-state index is -0.938. The second-order valence-electron chi connectivity index (χ2n) is 8.70. The summed E-state index contributed by atoms with van der Waals surface area (Å²) in [5, 5.41) is 5.80. The van der Waals surface area contributed by atoms with E-state index in [0.717, 1.165) is 31.2 Å². The van der Waals surface area contributed by atoms with E-state index >= 15 is 0 Å². The molecule has 0 saturated heterocycles. The summed E-state index contributed by atoms with van der Waals surface area (Å²) < 4.78 is 0. The van der Waals surface area contributed by atoms with Gasteiger partial charge in [0.25, 0.3) is 11.8 Å². The Labute approximate surface area is 198 Å². The van der Waals surface area contributed by atoms with Crippen LogP contribution in [-0.4, -0.2) is 33.6 Å². The van der Waals surface area contributed by atoms with E-state index in [4.69, 9.17) is 0 Å². The average molecular weight is 455 g/mol. The molecule has 2 N–H and O–H groups in total. The number of amides is 3. The molecule has 0 radical (unpaired) electrons. The molecular weight excluding hydrogens is 428 g/mol. The van der Waals surface area contributed by atoms with Crippen LogP contribution in [0, 0.1) is 0 Å². The van der Waals surface area contributed by atoms with E-state index in [1.165, 1.54) is 0 Å². The van der Waals surface area contributed by atoms with Crippen molar-refractivity contribution in [3.8, 4) is 0 Å². The number of nitrogens with zero attached hydrogens (tertiary/aromatic N) is 2. The molecule has 2 heterocycles. The van der Waals surface area contributed by atoms with E-state index < -0.39 is 11.9 Å². The largest absolute Gasteiger partial charge is 0.350 e. The number of nitrogens with one attached hydrogen (secondary N) is 2. The van der Waals surface area contributed by atoms with Crippen LogP contribution in [0.25, 0.3) is 0 Å². The number of carbonyl (C=O) groups excluding carboxylic acids is 3. The highest BCUT2D eigenvalue weighted by Gasteiger charge is 2.41. The fraction of sp³-hybridized carbons (Fsp3) is 0.259. The zero-order valence-electron chi connectivity index (χ0n) is 18.7. The van der Waals surface area contributed by atoms with Gasteiger partial charge in [0.05, 0.1) is 5.56 Å². The molecule has 3 amide bonds. The predicted molar refractivity (Wildman–Crippen MR) is 128 cm³/mol. The number of fused-ring (bicyclic) bond motifs is 2. The van der Waals surface area contributed by atoms with Crippen molar-refractivity contribution in [3.05, 3.63) is 95.2 Å². The Bertz CT molecular complexity index is 1220. The molecule has 2 aliphatic rings. The van der Waals surface area contributed by atoms with Crippen LogP contribution in [0.3, 0.4) is 0 Å². The van der Waals surface area contributed by atoms with E-state index in [0.29, 0.717) is 17.7 Å². The first-order valence-corrected chi connectivity index (χ1v) is 11.6. The van der Waals surface area contributed by atoms with Crippen LogP contribution in [0.4, 0.5) is 5.82 Å². The summed E-state index contributed by atoms with van der Waals surface area (Å²) in [5.41, 5.74) is 2.12. The van der Waals surface area contributed by atoms with Gasteiger partial charge in [0, 0.05) is 24.3 Å². The summed E-state index contributed by atoms with van der Waals surface area (Å²) in [5.74, 6) is -0.790. The normalized spacial score (nSPS) is 18.2. The van der Waals surface area contributed by atoms with E-state index in [1.807, 2.05) is 30.3 Å². The number of rotatable bonds is 4. The van der Waals surface area contributed by atoms with Gasteiger partial charge < -0.3 is 15.5 Å². The Morgan fingerprint density at radius 3 is 2.44 bits per heavy atom. The molecule has 0 spiro atoms. The zero-order chi connectivity index (χ0) is 23.5. The summed E-state index contributed by atoms with van der Waals surface area (Å²) in [6.45, 7) is 0.329. The number of hydrogen-bond acceptors (Lipinski definition) is 4. The molecule has 0 bridgehead atoms. The quantitative estimate of drug-likeness (QED) is 0.621. The summed E-state index contributed by atoms with van der Waals surface area (Å²) in [4.78, 5) is 47.0. The molecule has 172 valence electrons. The van der Waals surface area contributed by atoms with Gasteiger partial charge in [0.1, 0.15) is 11.9 Å². The molecule has 3 aromatic rings. The van der Waals surface area contributed by atoms with E-state index in [9.17, 15) is 14.4 Å². The summed E-state index contributed by atoms with van der Waals surface area (Å²) in [6.07, 6.45) is 5.15. The Hall–Kier alpha value is -4.00. The first-order chi connectivity index (χ1) is 16.6. The SMILES string of the molecule is O=C1Nc2ncccc2C(=O)N(C2CCCC2)C(C(=O)NCc2ccccc2)c2ccccc21. The molecule has 1 unspecified atom stereocenters. The lowest BCUT2D eigenvalue weighted by atomic mass is 9.95. The topological polar surface area (TPSA) is 91.4 Å². The van der Waals surface area contributed by atoms with E-state index in [-0.39, 0.29) is 29.2 Å². The van der Waals surface area contributed by atoms with Gasteiger partial charge in [-0.25, -0.2) is 4.98 Å². The molecule has 1 aliphatic carbocycles. The summed E-state index contributed by atoms with van der Waals surface area (Å²) in [7, 11) is 0. The first kappa shape index (κ1) is 21.8. The monoisotopic (exact) mass is 454 g/mol. The third kappa shape index (κ3) is 4.17. The highest BCUT2D eigenvalue weighted by Crippen LogP contribution is 2.36. The molecule has 34 heavy (non-hydrogen) atoms. The highest BCUT2D eigenvalue weighted by atomic mass is 16.2.